The van der Waals surface area contributed by atoms with E-state index < -0.39 is 5.97 Å². The SMILES string of the molecule is CCCCCC1=CCC(C(=O)O)CC1.CCCCCCCCCCc1cnc(-c2ccc(O)cc2)nc1. The van der Waals surface area contributed by atoms with Gasteiger partial charge in [0.15, 0.2) is 5.82 Å². The minimum absolute atomic E-state index is 0.120. The number of phenols is 1. The van der Waals surface area contributed by atoms with Crippen LogP contribution in [-0.2, 0) is 11.2 Å². The Morgan fingerprint density at radius 1 is 0.838 bits per heavy atom. The molecule has 1 aromatic carbocycles. The Kier molecular flexibility index (Phi) is 15.3. The third-order valence-electron chi connectivity index (χ3n) is 7.11. The van der Waals surface area contributed by atoms with Gasteiger partial charge in [0.1, 0.15) is 5.75 Å². The van der Waals surface area contributed by atoms with Gasteiger partial charge in [0, 0.05) is 18.0 Å². The molecule has 0 spiro atoms. The van der Waals surface area contributed by atoms with Gasteiger partial charge in [-0.1, -0.05) is 83.3 Å². The number of nitrogens with zero attached hydrogens (tertiary/aromatic N) is 2. The molecular weight excluding hydrogens is 460 g/mol. The highest BCUT2D eigenvalue weighted by atomic mass is 16.4. The lowest BCUT2D eigenvalue weighted by Gasteiger charge is -2.18. The molecule has 2 N–H and O–H groups in total. The molecule has 1 heterocycles. The van der Waals surface area contributed by atoms with Gasteiger partial charge in [-0.2, -0.15) is 0 Å². The van der Waals surface area contributed by atoms with Gasteiger partial charge in [-0.25, -0.2) is 9.97 Å². The maximum atomic E-state index is 10.7. The maximum absolute atomic E-state index is 10.7. The summed E-state index contributed by atoms with van der Waals surface area (Å²) in [5, 5.41) is 18.1. The Balaban J connectivity index is 0.000000294. The summed E-state index contributed by atoms with van der Waals surface area (Å²) in [6.07, 6.45) is 25.4. The summed E-state index contributed by atoms with van der Waals surface area (Å²) in [7, 11) is 0. The average Bonchev–Trinajstić information content (AvgIpc) is 2.92. The van der Waals surface area contributed by atoms with E-state index in [2.05, 4.69) is 29.9 Å². The second kappa shape index (κ2) is 18.5. The van der Waals surface area contributed by atoms with Crippen LogP contribution >= 0.6 is 0 Å². The Hall–Kier alpha value is -2.69. The summed E-state index contributed by atoms with van der Waals surface area (Å²) < 4.78 is 0. The molecule has 1 aliphatic rings. The quantitative estimate of drug-likeness (QED) is 0.185. The second-order valence-electron chi connectivity index (χ2n) is 10.3. The van der Waals surface area contributed by atoms with Crippen molar-refractivity contribution in [1.29, 1.82) is 0 Å². The molecule has 0 fully saturated rings. The van der Waals surface area contributed by atoms with E-state index in [1.165, 1.54) is 88.2 Å². The highest BCUT2D eigenvalue weighted by molar-refractivity contribution is 5.70. The second-order valence-corrected chi connectivity index (χ2v) is 10.3. The van der Waals surface area contributed by atoms with Gasteiger partial charge >= 0.3 is 5.97 Å². The molecule has 1 unspecified atom stereocenters. The third kappa shape index (κ3) is 12.9. The number of unbranched alkanes of at least 4 members (excludes halogenated alkanes) is 9. The van der Waals surface area contributed by atoms with E-state index in [0.29, 0.717) is 5.82 Å². The Morgan fingerprint density at radius 2 is 1.41 bits per heavy atom. The van der Waals surface area contributed by atoms with E-state index in [4.69, 9.17) is 5.11 Å². The van der Waals surface area contributed by atoms with E-state index in [1.54, 1.807) is 12.1 Å². The van der Waals surface area contributed by atoms with Crippen molar-refractivity contribution >= 4 is 5.97 Å². The van der Waals surface area contributed by atoms with Gasteiger partial charge in [0.05, 0.1) is 5.92 Å². The van der Waals surface area contributed by atoms with Crippen molar-refractivity contribution in [3.63, 3.8) is 0 Å². The summed E-state index contributed by atoms with van der Waals surface area (Å²) in [4.78, 5) is 19.6. The minimum Gasteiger partial charge on any atom is -0.508 e. The first-order valence-electron chi connectivity index (χ1n) is 14.5. The normalized spacial score (nSPS) is 15.0. The molecule has 3 rings (SSSR count). The number of carbonyl (C=O) groups is 1. The summed E-state index contributed by atoms with van der Waals surface area (Å²) in [5.74, 6) is 0.225. The number of aliphatic carboxylic acids is 1. The molecule has 1 aromatic heterocycles. The highest BCUT2D eigenvalue weighted by Crippen LogP contribution is 2.26. The number of aryl methyl sites for hydroxylation is 1. The topological polar surface area (TPSA) is 83.3 Å². The Labute approximate surface area is 224 Å². The summed E-state index contributed by atoms with van der Waals surface area (Å²) >= 11 is 0. The van der Waals surface area contributed by atoms with Crippen molar-refractivity contribution in [3.05, 3.63) is 53.9 Å². The molecule has 0 bridgehead atoms. The number of carboxylic acid groups (broad SMARTS) is 1. The molecule has 1 aliphatic carbocycles. The number of aromatic hydroxyl groups is 1. The molecule has 37 heavy (non-hydrogen) atoms. The summed E-state index contributed by atoms with van der Waals surface area (Å²) in [6.45, 7) is 4.46. The van der Waals surface area contributed by atoms with Gasteiger partial charge in [0.25, 0.3) is 0 Å². The van der Waals surface area contributed by atoms with Crippen molar-refractivity contribution < 1.29 is 15.0 Å². The molecule has 0 radical (unpaired) electrons. The van der Waals surface area contributed by atoms with Crippen LogP contribution in [0.15, 0.2) is 48.3 Å². The van der Waals surface area contributed by atoms with Crippen LogP contribution < -0.4 is 0 Å². The number of rotatable bonds is 15. The lowest BCUT2D eigenvalue weighted by atomic mass is 9.87. The third-order valence-corrected chi connectivity index (χ3v) is 7.11. The Morgan fingerprint density at radius 3 is 1.97 bits per heavy atom. The average molecular weight is 509 g/mol. The zero-order valence-electron chi connectivity index (χ0n) is 23.1. The van der Waals surface area contributed by atoms with Crippen molar-refractivity contribution in [2.24, 2.45) is 5.92 Å². The fourth-order valence-corrected chi connectivity index (χ4v) is 4.65. The number of phenolic OH excluding ortho intramolecular Hbond substituents is 1. The van der Waals surface area contributed by atoms with Crippen LogP contribution in [0.4, 0.5) is 0 Å². The number of carboxylic acids is 1. The predicted octanol–water partition coefficient (Wildman–Crippen LogP) is 8.91. The van der Waals surface area contributed by atoms with Crippen molar-refractivity contribution in [3.8, 4) is 17.1 Å². The van der Waals surface area contributed by atoms with Crippen molar-refractivity contribution in [2.45, 2.75) is 117 Å². The zero-order valence-corrected chi connectivity index (χ0v) is 23.1. The number of allylic oxidation sites excluding steroid dienone is 2. The van der Waals surface area contributed by atoms with Crippen LogP contribution in [0.25, 0.3) is 11.4 Å². The van der Waals surface area contributed by atoms with E-state index in [9.17, 15) is 9.90 Å². The monoisotopic (exact) mass is 508 g/mol. The maximum Gasteiger partial charge on any atom is 0.306 e. The van der Waals surface area contributed by atoms with Gasteiger partial charge in [-0.3, -0.25) is 4.79 Å². The van der Waals surface area contributed by atoms with Crippen LogP contribution in [0.3, 0.4) is 0 Å². The molecule has 204 valence electrons. The van der Waals surface area contributed by atoms with Gasteiger partial charge in [-0.15, -0.1) is 0 Å². The van der Waals surface area contributed by atoms with E-state index in [-0.39, 0.29) is 11.7 Å². The molecule has 1 atom stereocenters. The molecule has 0 amide bonds. The van der Waals surface area contributed by atoms with Crippen LogP contribution in [0.2, 0.25) is 0 Å². The number of aromatic nitrogens is 2. The predicted molar refractivity (Wildman–Crippen MR) is 153 cm³/mol. The van der Waals surface area contributed by atoms with Crippen LogP contribution in [0, 0.1) is 5.92 Å². The number of benzene rings is 1. The van der Waals surface area contributed by atoms with Crippen molar-refractivity contribution in [1.82, 2.24) is 9.97 Å². The first-order chi connectivity index (χ1) is 18.0. The highest BCUT2D eigenvalue weighted by Gasteiger charge is 2.20. The van der Waals surface area contributed by atoms with E-state index in [1.807, 2.05) is 24.5 Å². The molecule has 0 saturated carbocycles. The summed E-state index contributed by atoms with van der Waals surface area (Å²) in [6, 6.07) is 6.99. The molecule has 2 aromatic rings. The molecule has 5 heteroatoms. The van der Waals surface area contributed by atoms with Crippen LogP contribution in [-0.4, -0.2) is 26.2 Å². The van der Waals surface area contributed by atoms with E-state index >= 15 is 0 Å². The standard InChI is InChI=1S/C20H28N2O.C12H20O2/c1-2-3-4-5-6-7-8-9-10-17-15-21-20(22-16-17)18-11-13-19(23)14-12-18;1-2-3-4-5-10-6-8-11(9-7-10)12(13)14/h11-16,23H,2-10H2,1H3;6,11H,2-5,7-9H2,1H3,(H,13,14). The molecular formula is C32H48N2O3. The fourth-order valence-electron chi connectivity index (χ4n) is 4.65. The van der Waals surface area contributed by atoms with Gasteiger partial charge < -0.3 is 10.2 Å². The number of hydrogen-bond donors (Lipinski definition) is 2. The van der Waals surface area contributed by atoms with Gasteiger partial charge in [-0.05, 0) is 74.8 Å². The van der Waals surface area contributed by atoms with Crippen LogP contribution in [0.5, 0.6) is 5.75 Å². The van der Waals surface area contributed by atoms with Gasteiger partial charge in [0.2, 0.25) is 0 Å². The lowest BCUT2D eigenvalue weighted by molar-refractivity contribution is -0.141. The first-order valence-corrected chi connectivity index (χ1v) is 14.5. The number of hydrogen-bond acceptors (Lipinski definition) is 4. The van der Waals surface area contributed by atoms with E-state index in [0.717, 1.165) is 31.2 Å². The zero-order chi connectivity index (χ0) is 26.7. The summed E-state index contributed by atoms with van der Waals surface area (Å²) in [5.41, 5.74) is 3.62. The first kappa shape index (κ1) is 30.5. The largest absolute Gasteiger partial charge is 0.508 e. The smallest absolute Gasteiger partial charge is 0.306 e. The van der Waals surface area contributed by atoms with Crippen molar-refractivity contribution in [2.75, 3.05) is 0 Å². The fraction of sp³-hybridized carbons (Fsp3) is 0.594. The Bertz CT molecular complexity index is 907. The molecule has 5 nitrogen and oxygen atoms in total. The van der Waals surface area contributed by atoms with Crippen LogP contribution in [0.1, 0.15) is 116 Å². The molecule has 0 aliphatic heterocycles. The minimum atomic E-state index is -0.631. The lowest BCUT2D eigenvalue weighted by Crippen LogP contribution is -2.15. The molecule has 0 saturated heterocycles.